The number of ether oxygens (including phenoxy) is 1. The molecule has 0 aromatic carbocycles. The summed E-state index contributed by atoms with van der Waals surface area (Å²) in [4.78, 5) is 8.32. The molecule has 0 aliphatic heterocycles. The maximum atomic E-state index is 11.8. The van der Waals surface area contributed by atoms with Crippen LogP contribution in [0.2, 0.25) is 0 Å². The number of anilines is 1. The largest absolute Gasteiger partial charge is 0.384 e. The molecule has 0 saturated carbocycles. The van der Waals surface area contributed by atoms with Gasteiger partial charge in [-0.3, -0.25) is 0 Å². The number of nitrogen functional groups attached to an aromatic ring is 1. The molecule has 0 atom stereocenters. The SMILES string of the molecule is CC(C)c1cc(N)nc(CCOCC(F)F)n1. The van der Waals surface area contributed by atoms with Gasteiger partial charge >= 0.3 is 0 Å². The minimum atomic E-state index is -2.44. The predicted octanol–water partition coefficient (Wildman–Crippen LogP) is 2.01. The van der Waals surface area contributed by atoms with Gasteiger partial charge in [-0.2, -0.15) is 0 Å². The molecule has 1 rings (SSSR count). The number of hydrogen-bond donors (Lipinski definition) is 1. The molecule has 0 fully saturated rings. The minimum absolute atomic E-state index is 0.172. The Morgan fingerprint density at radius 1 is 1.35 bits per heavy atom. The van der Waals surface area contributed by atoms with E-state index in [-0.39, 0.29) is 12.5 Å². The van der Waals surface area contributed by atoms with Gasteiger partial charge in [0.25, 0.3) is 6.43 Å². The molecule has 0 aliphatic rings. The zero-order valence-electron chi connectivity index (χ0n) is 9.99. The normalized spacial score (nSPS) is 11.4. The molecule has 2 N–H and O–H groups in total. The van der Waals surface area contributed by atoms with Gasteiger partial charge in [0.2, 0.25) is 0 Å². The van der Waals surface area contributed by atoms with E-state index in [2.05, 4.69) is 9.97 Å². The zero-order valence-corrected chi connectivity index (χ0v) is 9.99. The van der Waals surface area contributed by atoms with E-state index < -0.39 is 13.0 Å². The van der Waals surface area contributed by atoms with Crippen LogP contribution in [0, 0.1) is 0 Å². The highest BCUT2D eigenvalue weighted by molar-refractivity contribution is 5.31. The molecule has 0 saturated heterocycles. The topological polar surface area (TPSA) is 61.0 Å². The summed E-state index contributed by atoms with van der Waals surface area (Å²) in [6.07, 6.45) is -2.06. The van der Waals surface area contributed by atoms with Crippen molar-refractivity contribution in [1.82, 2.24) is 9.97 Å². The van der Waals surface area contributed by atoms with Gasteiger partial charge in [-0.15, -0.1) is 0 Å². The molecule has 6 heteroatoms. The molecule has 17 heavy (non-hydrogen) atoms. The van der Waals surface area contributed by atoms with Crippen LogP contribution < -0.4 is 5.73 Å². The van der Waals surface area contributed by atoms with Gasteiger partial charge in [-0.1, -0.05) is 13.8 Å². The fourth-order valence-electron chi connectivity index (χ4n) is 1.28. The molecule has 0 bridgehead atoms. The molecule has 0 amide bonds. The number of halogens is 2. The summed E-state index contributed by atoms with van der Waals surface area (Å²) in [5, 5.41) is 0. The molecule has 1 aromatic heterocycles. The number of nitrogens with two attached hydrogens (primary N) is 1. The second-order valence-corrected chi connectivity index (χ2v) is 4.00. The van der Waals surface area contributed by atoms with Crippen molar-refractivity contribution in [2.24, 2.45) is 0 Å². The monoisotopic (exact) mass is 245 g/mol. The Hall–Kier alpha value is -1.30. The van der Waals surface area contributed by atoms with E-state index in [9.17, 15) is 8.78 Å². The lowest BCUT2D eigenvalue weighted by Crippen LogP contribution is -2.10. The summed E-state index contributed by atoms with van der Waals surface area (Å²) in [5.41, 5.74) is 6.49. The van der Waals surface area contributed by atoms with Crippen molar-refractivity contribution in [1.29, 1.82) is 0 Å². The standard InChI is InChI=1S/C11H17F2N3O/c1-7(2)8-5-10(14)16-11(15-8)3-4-17-6-9(12)13/h5,7,9H,3-4,6H2,1-2H3,(H2,14,15,16). The van der Waals surface area contributed by atoms with E-state index >= 15 is 0 Å². The minimum Gasteiger partial charge on any atom is -0.384 e. The maximum Gasteiger partial charge on any atom is 0.261 e. The third-order valence-electron chi connectivity index (χ3n) is 2.12. The first-order valence-corrected chi connectivity index (χ1v) is 5.48. The first-order valence-electron chi connectivity index (χ1n) is 5.48. The van der Waals surface area contributed by atoms with Crippen LogP contribution in [0.5, 0.6) is 0 Å². The molecule has 0 radical (unpaired) electrons. The van der Waals surface area contributed by atoms with Crippen molar-refractivity contribution in [2.45, 2.75) is 32.6 Å². The van der Waals surface area contributed by atoms with E-state index in [1.54, 1.807) is 6.07 Å². The first-order chi connectivity index (χ1) is 7.99. The quantitative estimate of drug-likeness (QED) is 0.779. The Morgan fingerprint density at radius 2 is 2.06 bits per heavy atom. The zero-order chi connectivity index (χ0) is 12.8. The van der Waals surface area contributed by atoms with E-state index in [0.717, 1.165) is 5.69 Å². The molecule has 0 aliphatic carbocycles. The number of rotatable bonds is 6. The lowest BCUT2D eigenvalue weighted by Gasteiger charge is -2.08. The molecule has 4 nitrogen and oxygen atoms in total. The van der Waals surface area contributed by atoms with Crippen LogP contribution in [-0.4, -0.2) is 29.6 Å². The number of alkyl halides is 2. The van der Waals surface area contributed by atoms with Crippen molar-refractivity contribution >= 4 is 5.82 Å². The van der Waals surface area contributed by atoms with Gasteiger partial charge in [0, 0.05) is 18.2 Å². The van der Waals surface area contributed by atoms with Gasteiger partial charge in [0.05, 0.1) is 6.61 Å². The Morgan fingerprint density at radius 3 is 2.65 bits per heavy atom. The van der Waals surface area contributed by atoms with Crippen molar-refractivity contribution in [3.8, 4) is 0 Å². The van der Waals surface area contributed by atoms with Gasteiger partial charge in [-0.25, -0.2) is 18.7 Å². The number of aromatic nitrogens is 2. The molecular weight excluding hydrogens is 228 g/mol. The summed E-state index contributed by atoms with van der Waals surface area (Å²) >= 11 is 0. The molecule has 96 valence electrons. The van der Waals surface area contributed by atoms with Gasteiger partial charge in [-0.05, 0) is 5.92 Å². The van der Waals surface area contributed by atoms with Crippen molar-refractivity contribution in [3.05, 3.63) is 17.6 Å². The van der Waals surface area contributed by atoms with Crippen LogP contribution in [0.15, 0.2) is 6.07 Å². The molecular formula is C11H17F2N3O. The van der Waals surface area contributed by atoms with Crippen LogP contribution in [0.4, 0.5) is 14.6 Å². The van der Waals surface area contributed by atoms with Crippen LogP contribution in [0.3, 0.4) is 0 Å². The second-order valence-electron chi connectivity index (χ2n) is 4.00. The lowest BCUT2D eigenvalue weighted by molar-refractivity contribution is 0.0183. The summed E-state index contributed by atoms with van der Waals surface area (Å²) in [5.74, 6) is 1.18. The smallest absolute Gasteiger partial charge is 0.261 e. The maximum absolute atomic E-state index is 11.8. The van der Waals surface area contributed by atoms with Crippen molar-refractivity contribution in [2.75, 3.05) is 18.9 Å². The average Bonchev–Trinajstić information content (AvgIpc) is 2.23. The highest BCUT2D eigenvalue weighted by Crippen LogP contribution is 2.13. The molecule has 1 aromatic rings. The summed E-state index contributed by atoms with van der Waals surface area (Å²) in [6, 6.07) is 1.72. The van der Waals surface area contributed by atoms with Gasteiger partial charge in [0.15, 0.2) is 0 Å². The Kier molecular flexibility index (Phi) is 5.21. The van der Waals surface area contributed by atoms with Crippen molar-refractivity contribution < 1.29 is 13.5 Å². The first kappa shape index (κ1) is 13.8. The molecule has 0 spiro atoms. The van der Waals surface area contributed by atoms with Gasteiger partial charge in [0.1, 0.15) is 18.2 Å². The summed E-state index contributed by atoms with van der Waals surface area (Å²) in [7, 11) is 0. The fourth-order valence-corrected chi connectivity index (χ4v) is 1.28. The average molecular weight is 245 g/mol. The second kappa shape index (κ2) is 6.44. The Bertz CT molecular complexity index is 359. The summed E-state index contributed by atoms with van der Waals surface area (Å²) < 4.78 is 28.4. The van der Waals surface area contributed by atoms with Crippen LogP contribution in [0.25, 0.3) is 0 Å². The summed E-state index contributed by atoms with van der Waals surface area (Å²) in [6.45, 7) is 3.61. The van der Waals surface area contributed by atoms with E-state index in [4.69, 9.17) is 10.5 Å². The Balaban J connectivity index is 2.53. The van der Waals surface area contributed by atoms with E-state index in [0.29, 0.717) is 18.1 Å². The molecule has 1 heterocycles. The van der Waals surface area contributed by atoms with Crippen LogP contribution in [0.1, 0.15) is 31.3 Å². The van der Waals surface area contributed by atoms with Crippen molar-refractivity contribution in [3.63, 3.8) is 0 Å². The Labute approximate surface area is 99.2 Å². The third kappa shape index (κ3) is 5.04. The van der Waals surface area contributed by atoms with Crippen LogP contribution >= 0.6 is 0 Å². The predicted molar refractivity (Wildman–Crippen MR) is 61.1 cm³/mol. The van der Waals surface area contributed by atoms with E-state index in [1.807, 2.05) is 13.8 Å². The third-order valence-corrected chi connectivity index (χ3v) is 2.12. The lowest BCUT2D eigenvalue weighted by atomic mass is 10.1. The van der Waals surface area contributed by atoms with E-state index in [1.165, 1.54) is 0 Å². The molecule has 0 unspecified atom stereocenters. The highest BCUT2D eigenvalue weighted by Gasteiger charge is 2.07. The fraction of sp³-hybridized carbons (Fsp3) is 0.636. The number of hydrogen-bond acceptors (Lipinski definition) is 4. The number of nitrogens with zero attached hydrogens (tertiary/aromatic N) is 2. The van der Waals surface area contributed by atoms with Gasteiger partial charge < -0.3 is 10.5 Å². The highest BCUT2D eigenvalue weighted by atomic mass is 19.3. The van der Waals surface area contributed by atoms with Crippen LogP contribution in [-0.2, 0) is 11.2 Å².